The Morgan fingerprint density at radius 1 is 0.600 bits per heavy atom. The first-order valence-corrected chi connectivity index (χ1v) is 8.21. The van der Waals surface area contributed by atoms with Crippen LogP contribution in [0.25, 0.3) is 22.3 Å². The highest BCUT2D eigenvalue weighted by molar-refractivity contribution is 5.89. The van der Waals surface area contributed by atoms with E-state index in [0.717, 1.165) is 44.5 Å². The first-order valence-electron chi connectivity index (χ1n) is 8.21. The molecule has 9 N–H and O–H groups in total. The van der Waals surface area contributed by atoms with Crippen molar-refractivity contribution in [2.45, 2.75) is 11.3 Å². The number of hydrazine groups is 1. The topological polar surface area (TPSA) is 116 Å². The van der Waals surface area contributed by atoms with Crippen LogP contribution in [0.3, 0.4) is 0 Å². The van der Waals surface area contributed by atoms with Gasteiger partial charge in [-0.2, -0.15) is 0 Å². The van der Waals surface area contributed by atoms with Crippen LogP contribution in [0.2, 0.25) is 0 Å². The number of hydrogen-bond donors (Lipinski definition) is 5. The Morgan fingerprint density at radius 2 is 1.12 bits per heavy atom. The molecule has 5 rings (SSSR count). The predicted octanol–water partition coefficient (Wildman–Crippen LogP) is 1.39. The molecule has 0 bridgehead atoms. The Kier molecular flexibility index (Phi) is 2.69. The fourth-order valence-corrected chi connectivity index (χ4v) is 4.30. The molecule has 0 saturated carbocycles. The summed E-state index contributed by atoms with van der Waals surface area (Å²) in [4.78, 5) is 0. The zero-order valence-corrected chi connectivity index (χ0v) is 13.6. The van der Waals surface area contributed by atoms with Gasteiger partial charge in [-0.15, -0.1) is 0 Å². The van der Waals surface area contributed by atoms with Crippen molar-refractivity contribution in [3.63, 3.8) is 0 Å². The molecule has 1 atom stereocenters. The lowest BCUT2D eigenvalue weighted by atomic mass is 9.92. The lowest BCUT2D eigenvalue weighted by Crippen LogP contribution is -2.53. The van der Waals surface area contributed by atoms with E-state index in [-0.39, 0.29) is 0 Å². The normalized spacial score (nSPS) is 21.4. The fraction of sp³-hybridized carbons (Fsp3) is 0.100. The first kappa shape index (κ1) is 14.8. The molecule has 0 saturated heterocycles. The van der Waals surface area contributed by atoms with E-state index in [0.29, 0.717) is 0 Å². The highest BCUT2D eigenvalue weighted by atomic mass is 15.3. The molecule has 1 unspecified atom stereocenters. The molecule has 2 aliphatic carbocycles. The lowest BCUT2D eigenvalue weighted by molar-refractivity contribution is 0.437. The van der Waals surface area contributed by atoms with E-state index in [1.54, 1.807) is 0 Å². The second-order valence-electron chi connectivity index (χ2n) is 6.86. The second-order valence-corrected chi connectivity index (χ2v) is 6.86. The summed E-state index contributed by atoms with van der Waals surface area (Å²) in [5.41, 5.74) is 28.4. The Bertz CT molecular complexity index is 1040. The van der Waals surface area contributed by atoms with Gasteiger partial charge in [0.05, 0.1) is 0 Å². The van der Waals surface area contributed by atoms with Gasteiger partial charge >= 0.3 is 0 Å². The number of benzene rings is 3. The van der Waals surface area contributed by atoms with Crippen LogP contribution in [-0.2, 0) is 11.3 Å². The van der Waals surface area contributed by atoms with Gasteiger partial charge in [0.1, 0.15) is 11.3 Å². The van der Waals surface area contributed by atoms with Crippen molar-refractivity contribution in [2.75, 3.05) is 0 Å². The summed E-state index contributed by atoms with van der Waals surface area (Å²) in [6.07, 6.45) is 0. The highest BCUT2D eigenvalue weighted by Crippen LogP contribution is 2.51. The monoisotopic (exact) mass is 329 g/mol. The van der Waals surface area contributed by atoms with Crippen molar-refractivity contribution in [1.29, 1.82) is 0 Å². The van der Waals surface area contributed by atoms with E-state index in [1.165, 1.54) is 0 Å². The summed E-state index contributed by atoms with van der Waals surface area (Å²) in [7, 11) is 0. The summed E-state index contributed by atoms with van der Waals surface area (Å²) in [5, 5.41) is 0. The van der Waals surface area contributed by atoms with Crippen LogP contribution in [0.1, 0.15) is 22.3 Å². The summed E-state index contributed by atoms with van der Waals surface area (Å²) >= 11 is 0. The summed E-state index contributed by atoms with van der Waals surface area (Å²) < 4.78 is 0. The minimum absolute atomic E-state index is 0.906. The zero-order valence-electron chi connectivity index (χ0n) is 13.6. The molecular weight excluding hydrogens is 310 g/mol. The average Bonchev–Trinajstić information content (AvgIpc) is 3.03. The fourth-order valence-electron chi connectivity index (χ4n) is 4.30. The van der Waals surface area contributed by atoms with E-state index in [4.69, 9.17) is 23.0 Å². The van der Waals surface area contributed by atoms with Crippen molar-refractivity contribution in [2.24, 2.45) is 23.0 Å². The molecule has 0 fully saturated rings. The molecule has 5 nitrogen and oxygen atoms in total. The maximum Gasteiger partial charge on any atom is 0.132 e. The number of hydrogen-bond acceptors (Lipinski definition) is 5. The van der Waals surface area contributed by atoms with Crippen LogP contribution in [0.15, 0.2) is 60.7 Å². The third-order valence-corrected chi connectivity index (χ3v) is 5.56. The van der Waals surface area contributed by atoms with Crippen LogP contribution >= 0.6 is 0 Å². The SMILES string of the molecule is NNC1(N)c2ccccc2-c2cc3c(cc21)-c1ccccc1C3(N)N. The van der Waals surface area contributed by atoms with Gasteiger partial charge in [-0.05, 0) is 45.5 Å². The Labute approximate surface area is 145 Å². The molecule has 0 heterocycles. The van der Waals surface area contributed by atoms with Crippen LogP contribution in [0, 0.1) is 0 Å². The van der Waals surface area contributed by atoms with Crippen LogP contribution < -0.4 is 28.5 Å². The molecule has 5 heteroatoms. The van der Waals surface area contributed by atoms with Crippen LogP contribution in [0.5, 0.6) is 0 Å². The molecule has 2 aliphatic rings. The second kappa shape index (κ2) is 4.54. The third kappa shape index (κ3) is 1.64. The van der Waals surface area contributed by atoms with Crippen LogP contribution in [0.4, 0.5) is 0 Å². The molecule has 124 valence electrons. The largest absolute Gasteiger partial charge is 0.306 e. The molecule has 0 amide bonds. The van der Waals surface area contributed by atoms with Crippen molar-refractivity contribution < 1.29 is 0 Å². The summed E-state index contributed by atoms with van der Waals surface area (Å²) in [5.74, 6) is 5.87. The minimum Gasteiger partial charge on any atom is -0.306 e. The number of fused-ring (bicyclic) bond motifs is 6. The van der Waals surface area contributed by atoms with Crippen LogP contribution in [-0.4, -0.2) is 0 Å². The molecule has 0 spiro atoms. The zero-order chi connectivity index (χ0) is 17.4. The standard InChI is InChI=1S/C20H19N5/c21-19(22)15-7-3-1-5-11(15)13-10-18-14(9-17(13)19)12-6-2-4-8-16(12)20(18,23)25-24/h1-10,25H,21-24H2. The molecule has 0 aromatic heterocycles. The van der Waals surface area contributed by atoms with Crippen molar-refractivity contribution in [1.82, 2.24) is 5.43 Å². The van der Waals surface area contributed by atoms with E-state index >= 15 is 0 Å². The van der Waals surface area contributed by atoms with Crippen molar-refractivity contribution >= 4 is 0 Å². The smallest absolute Gasteiger partial charge is 0.132 e. The van der Waals surface area contributed by atoms with Gasteiger partial charge in [0.15, 0.2) is 0 Å². The minimum atomic E-state index is -1.02. The van der Waals surface area contributed by atoms with Gasteiger partial charge < -0.3 is 17.2 Å². The number of nitrogens with one attached hydrogen (secondary N) is 1. The van der Waals surface area contributed by atoms with Gasteiger partial charge in [-0.3, -0.25) is 5.84 Å². The summed E-state index contributed by atoms with van der Waals surface area (Å²) in [6.45, 7) is 0. The van der Waals surface area contributed by atoms with Gasteiger partial charge in [0, 0.05) is 11.1 Å². The van der Waals surface area contributed by atoms with Crippen molar-refractivity contribution in [3.05, 3.63) is 82.9 Å². The Balaban J connectivity index is 1.87. The molecular formula is C20H19N5. The van der Waals surface area contributed by atoms with Gasteiger partial charge in [-0.25, -0.2) is 5.43 Å². The van der Waals surface area contributed by atoms with E-state index in [9.17, 15) is 0 Å². The molecule has 25 heavy (non-hydrogen) atoms. The van der Waals surface area contributed by atoms with Gasteiger partial charge in [0.2, 0.25) is 0 Å². The van der Waals surface area contributed by atoms with E-state index in [2.05, 4.69) is 17.6 Å². The maximum absolute atomic E-state index is 6.66. The summed E-state index contributed by atoms with van der Waals surface area (Å²) in [6, 6.07) is 20.1. The van der Waals surface area contributed by atoms with E-state index in [1.807, 2.05) is 48.5 Å². The quantitative estimate of drug-likeness (QED) is 0.263. The lowest BCUT2D eigenvalue weighted by Gasteiger charge is -2.27. The molecule has 0 aliphatic heterocycles. The Morgan fingerprint density at radius 3 is 1.80 bits per heavy atom. The predicted molar refractivity (Wildman–Crippen MR) is 98.8 cm³/mol. The van der Waals surface area contributed by atoms with Gasteiger partial charge in [-0.1, -0.05) is 48.5 Å². The average molecular weight is 329 g/mol. The number of nitrogens with two attached hydrogens (primary N) is 4. The maximum atomic E-state index is 6.66. The molecule has 3 aromatic carbocycles. The molecule has 0 radical (unpaired) electrons. The van der Waals surface area contributed by atoms with Crippen molar-refractivity contribution in [3.8, 4) is 22.3 Å². The van der Waals surface area contributed by atoms with E-state index < -0.39 is 11.3 Å². The van der Waals surface area contributed by atoms with Gasteiger partial charge in [0.25, 0.3) is 0 Å². The first-order chi connectivity index (χ1) is 12.0. The highest BCUT2D eigenvalue weighted by Gasteiger charge is 2.44. The number of rotatable bonds is 1. The Hall–Kier alpha value is -2.54. The third-order valence-electron chi connectivity index (χ3n) is 5.56. The molecule has 3 aromatic rings.